The molecule has 0 radical (unpaired) electrons. The first-order valence-electron chi connectivity index (χ1n) is 14.9. The molecule has 6 rings (SSSR count). The van der Waals surface area contributed by atoms with Gasteiger partial charge in [0, 0.05) is 44.1 Å². The van der Waals surface area contributed by atoms with Gasteiger partial charge in [-0.3, -0.25) is 4.79 Å². The second kappa shape index (κ2) is 10.1. The number of ketones is 1. The fraction of sp³-hybridized carbons (Fsp3) is 0.514. The highest BCUT2D eigenvalue weighted by Crippen LogP contribution is 2.67. The van der Waals surface area contributed by atoms with Crippen LogP contribution in [0.5, 0.6) is 0 Å². The van der Waals surface area contributed by atoms with Gasteiger partial charge >= 0.3 is 0 Å². The average Bonchev–Trinajstić information content (AvgIpc) is 3.21. The Hall–Kier alpha value is -2.69. The molecule has 4 nitrogen and oxygen atoms in total. The zero-order chi connectivity index (χ0) is 27.4. The number of nitrogens with zero attached hydrogens (tertiary/aromatic N) is 1. The summed E-state index contributed by atoms with van der Waals surface area (Å²) in [5.74, 6) is 1.42. The van der Waals surface area contributed by atoms with Crippen molar-refractivity contribution in [2.24, 2.45) is 17.3 Å². The van der Waals surface area contributed by atoms with Crippen LogP contribution in [0.2, 0.25) is 0 Å². The summed E-state index contributed by atoms with van der Waals surface area (Å²) in [6.45, 7) is 2.47. The molecule has 2 N–H and O–H groups in total. The third kappa shape index (κ3) is 4.40. The molecule has 4 aliphatic carbocycles. The van der Waals surface area contributed by atoms with Crippen LogP contribution in [0.4, 0.5) is 5.69 Å². The minimum absolute atomic E-state index is 0.129. The minimum atomic E-state index is -0.735. The molecular formula is C35H43NO3. The molecule has 5 atom stereocenters. The Bertz CT molecular complexity index is 1300. The third-order valence-electron chi connectivity index (χ3n) is 10.8. The molecule has 2 aromatic rings. The largest absolute Gasteiger partial charge is 0.396 e. The van der Waals surface area contributed by atoms with Crippen molar-refractivity contribution in [3.63, 3.8) is 0 Å². The summed E-state index contributed by atoms with van der Waals surface area (Å²) in [6, 6.07) is 17.8. The minimum Gasteiger partial charge on any atom is -0.396 e. The summed E-state index contributed by atoms with van der Waals surface area (Å²) >= 11 is 0. The van der Waals surface area contributed by atoms with Crippen molar-refractivity contribution in [1.82, 2.24) is 0 Å². The van der Waals surface area contributed by atoms with Gasteiger partial charge in [0.25, 0.3) is 0 Å². The van der Waals surface area contributed by atoms with E-state index in [1.807, 2.05) is 6.08 Å². The predicted octanol–water partition coefficient (Wildman–Crippen LogP) is 6.82. The van der Waals surface area contributed by atoms with E-state index in [4.69, 9.17) is 0 Å². The predicted molar refractivity (Wildman–Crippen MR) is 158 cm³/mol. The Labute approximate surface area is 233 Å². The topological polar surface area (TPSA) is 60.8 Å². The standard InChI is InChI=1S/C35H43NO3/c1-34-22-31(25-7-5-23(6-8-25)24-9-12-27(13-10-24)36(2)3)33-29-16-14-28(38)21-26(29)11-15-30(33)32(34)17-19-35(34,39)18-4-20-37/h5-10,12-13,21,30-32,37,39H,4,11,14-20,22H2,1-3H3/t30-,31+,32-,34+,35+/m0/s1. The lowest BCUT2D eigenvalue weighted by molar-refractivity contribution is -0.114. The van der Waals surface area contributed by atoms with E-state index in [2.05, 4.69) is 74.4 Å². The van der Waals surface area contributed by atoms with Crippen molar-refractivity contribution in [3.8, 4) is 11.1 Å². The van der Waals surface area contributed by atoms with Crippen molar-refractivity contribution < 1.29 is 15.0 Å². The maximum atomic E-state index is 12.3. The van der Waals surface area contributed by atoms with Gasteiger partial charge in [0.05, 0.1) is 5.60 Å². The summed E-state index contributed by atoms with van der Waals surface area (Å²) in [6.07, 6.45) is 9.57. The van der Waals surface area contributed by atoms with Crippen LogP contribution in [-0.2, 0) is 4.79 Å². The van der Waals surface area contributed by atoms with Gasteiger partial charge in [-0.1, -0.05) is 48.9 Å². The van der Waals surface area contributed by atoms with Crippen LogP contribution < -0.4 is 4.90 Å². The number of benzene rings is 2. The van der Waals surface area contributed by atoms with E-state index < -0.39 is 5.60 Å². The maximum absolute atomic E-state index is 12.3. The van der Waals surface area contributed by atoms with Crippen molar-refractivity contribution >= 4 is 11.5 Å². The Morgan fingerprint density at radius 1 is 0.949 bits per heavy atom. The number of hydrogen-bond acceptors (Lipinski definition) is 4. The number of hydrogen-bond donors (Lipinski definition) is 2. The number of aliphatic hydroxyl groups is 2. The third-order valence-corrected chi connectivity index (χ3v) is 10.8. The van der Waals surface area contributed by atoms with E-state index in [9.17, 15) is 15.0 Å². The highest BCUT2D eigenvalue weighted by molar-refractivity contribution is 5.93. The Kier molecular flexibility index (Phi) is 6.84. The Morgan fingerprint density at radius 3 is 2.31 bits per heavy atom. The molecule has 0 spiro atoms. The Balaban J connectivity index is 1.41. The van der Waals surface area contributed by atoms with Crippen LogP contribution in [0.1, 0.15) is 76.2 Å². The van der Waals surface area contributed by atoms with E-state index >= 15 is 0 Å². The number of fused-ring (bicyclic) bond motifs is 4. The van der Waals surface area contributed by atoms with Crippen molar-refractivity contribution in [2.75, 3.05) is 25.6 Å². The number of rotatable bonds is 6. The summed E-state index contributed by atoms with van der Waals surface area (Å²) in [7, 11) is 4.12. The SMILES string of the molecule is CN(C)c1ccc(-c2ccc([C@H]3C[C@]4(C)[C@@H](CC[C@]4(O)CCCO)[C@@H]4CCC5=CC(=O)CCC5=C43)cc2)cc1. The molecule has 4 heteroatoms. The zero-order valence-corrected chi connectivity index (χ0v) is 23.7. The summed E-state index contributed by atoms with van der Waals surface area (Å²) < 4.78 is 0. The van der Waals surface area contributed by atoms with Gasteiger partial charge in [-0.2, -0.15) is 0 Å². The van der Waals surface area contributed by atoms with Crippen molar-refractivity contribution in [1.29, 1.82) is 0 Å². The molecule has 4 aliphatic rings. The van der Waals surface area contributed by atoms with Gasteiger partial charge < -0.3 is 15.1 Å². The number of carbonyl (C=O) groups excluding carboxylic acids is 1. The van der Waals surface area contributed by atoms with Crippen LogP contribution >= 0.6 is 0 Å². The summed E-state index contributed by atoms with van der Waals surface area (Å²) in [4.78, 5) is 14.4. The van der Waals surface area contributed by atoms with Gasteiger partial charge in [0.2, 0.25) is 0 Å². The lowest BCUT2D eigenvalue weighted by Crippen LogP contribution is -2.51. The average molecular weight is 526 g/mol. The van der Waals surface area contributed by atoms with E-state index in [0.717, 1.165) is 38.5 Å². The highest BCUT2D eigenvalue weighted by atomic mass is 16.3. The van der Waals surface area contributed by atoms with Crippen LogP contribution in [0.15, 0.2) is 71.3 Å². The molecule has 0 bridgehead atoms. The van der Waals surface area contributed by atoms with Gasteiger partial charge in [0.1, 0.15) is 0 Å². The summed E-state index contributed by atoms with van der Waals surface area (Å²) in [5, 5.41) is 21.7. The summed E-state index contributed by atoms with van der Waals surface area (Å²) in [5.41, 5.74) is 8.32. The highest BCUT2D eigenvalue weighted by Gasteiger charge is 2.62. The van der Waals surface area contributed by atoms with Crippen molar-refractivity contribution in [3.05, 3.63) is 76.9 Å². The Morgan fingerprint density at radius 2 is 1.64 bits per heavy atom. The molecule has 0 aromatic heterocycles. The normalized spacial score (nSPS) is 31.9. The molecule has 2 saturated carbocycles. The molecule has 2 fully saturated rings. The molecule has 39 heavy (non-hydrogen) atoms. The van der Waals surface area contributed by atoms with Gasteiger partial charge in [-0.15, -0.1) is 0 Å². The number of carbonyl (C=O) groups is 1. The van der Waals surface area contributed by atoms with Crippen molar-refractivity contribution in [2.45, 2.75) is 76.2 Å². The van der Waals surface area contributed by atoms with E-state index in [1.54, 1.807) is 5.57 Å². The van der Waals surface area contributed by atoms with E-state index in [0.29, 0.717) is 31.1 Å². The molecule has 2 aromatic carbocycles. The molecule has 206 valence electrons. The maximum Gasteiger partial charge on any atom is 0.156 e. The zero-order valence-electron chi connectivity index (χ0n) is 23.7. The molecule has 0 saturated heterocycles. The quantitative estimate of drug-likeness (QED) is 0.434. The monoisotopic (exact) mass is 525 g/mol. The molecule has 0 unspecified atom stereocenters. The molecule has 0 heterocycles. The van der Waals surface area contributed by atoms with Crippen LogP contribution in [0.3, 0.4) is 0 Å². The number of allylic oxidation sites excluding steroid dienone is 4. The second-order valence-electron chi connectivity index (χ2n) is 13.0. The fourth-order valence-electron chi connectivity index (χ4n) is 8.70. The van der Waals surface area contributed by atoms with E-state index in [1.165, 1.54) is 33.5 Å². The van der Waals surface area contributed by atoms with Gasteiger partial charge in [-0.05, 0) is 109 Å². The fourth-order valence-corrected chi connectivity index (χ4v) is 8.70. The molecular weight excluding hydrogens is 482 g/mol. The molecule has 0 aliphatic heterocycles. The lowest BCUT2D eigenvalue weighted by atomic mass is 9.51. The van der Waals surface area contributed by atoms with Crippen LogP contribution in [-0.4, -0.2) is 42.3 Å². The number of anilines is 1. The van der Waals surface area contributed by atoms with Gasteiger partial charge in [-0.25, -0.2) is 0 Å². The van der Waals surface area contributed by atoms with Gasteiger partial charge in [0.15, 0.2) is 5.78 Å². The first kappa shape index (κ1) is 26.5. The van der Waals surface area contributed by atoms with Crippen LogP contribution in [0.25, 0.3) is 11.1 Å². The first-order valence-corrected chi connectivity index (χ1v) is 14.9. The van der Waals surface area contributed by atoms with E-state index in [-0.39, 0.29) is 23.7 Å². The molecule has 0 amide bonds. The first-order chi connectivity index (χ1) is 18.7. The van der Waals surface area contributed by atoms with Crippen LogP contribution in [0, 0.1) is 17.3 Å². The number of aliphatic hydroxyl groups excluding tert-OH is 1. The second-order valence-corrected chi connectivity index (χ2v) is 13.0. The lowest BCUT2D eigenvalue weighted by Gasteiger charge is -2.55. The smallest absolute Gasteiger partial charge is 0.156 e.